The van der Waals surface area contributed by atoms with Gasteiger partial charge in [0.1, 0.15) is 5.69 Å². The first-order valence-electron chi connectivity index (χ1n) is 12.2. The fourth-order valence-corrected chi connectivity index (χ4v) is 5.40. The van der Waals surface area contributed by atoms with E-state index in [0.717, 1.165) is 16.1 Å². The van der Waals surface area contributed by atoms with Crippen LogP contribution in [0.2, 0.25) is 0 Å². The van der Waals surface area contributed by atoms with Crippen molar-refractivity contribution in [3.05, 3.63) is 71.2 Å². The third-order valence-electron chi connectivity index (χ3n) is 6.62. The van der Waals surface area contributed by atoms with Gasteiger partial charge in [0.05, 0.1) is 24.6 Å². The Balaban J connectivity index is 1.23. The van der Waals surface area contributed by atoms with Crippen molar-refractivity contribution < 1.29 is 14.3 Å². The molecule has 2 amide bonds. The molecule has 4 heterocycles. The summed E-state index contributed by atoms with van der Waals surface area (Å²) in [6.07, 6.45) is 6.94. The van der Waals surface area contributed by atoms with Gasteiger partial charge in [0.2, 0.25) is 11.8 Å². The molecule has 3 aromatic rings. The summed E-state index contributed by atoms with van der Waals surface area (Å²) in [6.45, 7) is 4.46. The van der Waals surface area contributed by atoms with Crippen LogP contribution >= 0.6 is 11.3 Å². The van der Waals surface area contributed by atoms with Gasteiger partial charge in [-0.3, -0.25) is 14.3 Å². The molecule has 2 aliphatic heterocycles. The lowest BCUT2D eigenvalue weighted by Gasteiger charge is -2.35. The minimum Gasteiger partial charge on any atom is -0.378 e. The molecule has 182 valence electrons. The third-order valence-corrected chi connectivity index (χ3v) is 7.49. The second-order valence-corrected chi connectivity index (χ2v) is 9.91. The molecule has 1 aromatic carbocycles. The lowest BCUT2D eigenvalue weighted by molar-refractivity contribution is -0.142. The van der Waals surface area contributed by atoms with Crippen molar-refractivity contribution in [1.29, 1.82) is 0 Å². The van der Waals surface area contributed by atoms with E-state index in [1.165, 1.54) is 5.56 Å². The van der Waals surface area contributed by atoms with Crippen LogP contribution in [-0.2, 0) is 20.9 Å². The first-order valence-corrected chi connectivity index (χ1v) is 13.0. The van der Waals surface area contributed by atoms with Crippen LogP contribution < -0.4 is 0 Å². The maximum Gasteiger partial charge on any atom is 0.246 e. The van der Waals surface area contributed by atoms with E-state index < -0.39 is 0 Å². The van der Waals surface area contributed by atoms with Crippen molar-refractivity contribution in [1.82, 2.24) is 19.6 Å². The number of nitrogens with zero attached hydrogens (tertiary/aromatic N) is 4. The number of ether oxygens (including phenoxy) is 1. The molecule has 0 radical (unpaired) electrons. The second kappa shape index (κ2) is 11.0. The number of likely N-dealkylation sites (tertiary alicyclic amines) is 1. The molecule has 0 aliphatic carbocycles. The van der Waals surface area contributed by atoms with E-state index in [1.807, 2.05) is 56.4 Å². The Bertz CT molecular complexity index is 1160. The van der Waals surface area contributed by atoms with Crippen LogP contribution in [0.1, 0.15) is 24.0 Å². The Morgan fingerprint density at radius 3 is 2.49 bits per heavy atom. The maximum atomic E-state index is 12.9. The fourth-order valence-electron chi connectivity index (χ4n) is 4.67. The van der Waals surface area contributed by atoms with Gasteiger partial charge in [-0.2, -0.15) is 5.10 Å². The number of hydrogen-bond donors (Lipinski definition) is 0. The average molecular weight is 491 g/mol. The monoisotopic (exact) mass is 490 g/mol. The van der Waals surface area contributed by atoms with Crippen molar-refractivity contribution in [2.24, 2.45) is 5.92 Å². The van der Waals surface area contributed by atoms with Gasteiger partial charge in [-0.1, -0.05) is 36.4 Å². The topological polar surface area (TPSA) is 67.7 Å². The summed E-state index contributed by atoms with van der Waals surface area (Å²) < 4.78 is 7.28. The van der Waals surface area contributed by atoms with Gasteiger partial charge in [0.15, 0.2) is 0 Å². The molecule has 0 bridgehead atoms. The molecule has 8 heteroatoms. The predicted molar refractivity (Wildman–Crippen MR) is 137 cm³/mol. The first kappa shape index (κ1) is 23.5. The van der Waals surface area contributed by atoms with E-state index in [-0.39, 0.29) is 17.7 Å². The van der Waals surface area contributed by atoms with Crippen LogP contribution in [0.25, 0.3) is 16.6 Å². The Hall–Kier alpha value is -3.23. The standard InChI is InChI=1S/C27H30N4O3S/c32-25(29-12-10-22(11-13-29)27(33)30-14-16-34-17-15-30)9-8-23-20-31(19-21-5-2-1-3-6-21)28-26(23)24-7-4-18-35-24/h1-9,18,20,22H,10-17,19H2/b9-8+. The molecule has 0 spiro atoms. The Morgan fingerprint density at radius 2 is 1.77 bits per heavy atom. The zero-order valence-corrected chi connectivity index (χ0v) is 20.5. The number of hydrogen-bond acceptors (Lipinski definition) is 5. The minimum absolute atomic E-state index is 0.00257. The van der Waals surface area contributed by atoms with Crippen molar-refractivity contribution in [2.75, 3.05) is 39.4 Å². The lowest BCUT2D eigenvalue weighted by Crippen LogP contribution is -2.47. The van der Waals surface area contributed by atoms with E-state index in [4.69, 9.17) is 9.84 Å². The van der Waals surface area contributed by atoms with Gasteiger partial charge in [-0.15, -0.1) is 11.3 Å². The highest BCUT2D eigenvalue weighted by molar-refractivity contribution is 7.13. The van der Waals surface area contributed by atoms with Crippen LogP contribution in [0.5, 0.6) is 0 Å². The van der Waals surface area contributed by atoms with Gasteiger partial charge in [0, 0.05) is 49.9 Å². The predicted octanol–water partition coefficient (Wildman–Crippen LogP) is 3.77. The van der Waals surface area contributed by atoms with E-state index >= 15 is 0 Å². The quantitative estimate of drug-likeness (QED) is 0.494. The molecule has 0 N–H and O–H groups in total. The van der Waals surface area contributed by atoms with Crippen molar-refractivity contribution in [2.45, 2.75) is 19.4 Å². The van der Waals surface area contributed by atoms with Gasteiger partial charge in [0.25, 0.3) is 0 Å². The molecular weight excluding hydrogens is 460 g/mol. The molecule has 2 aromatic heterocycles. The number of benzene rings is 1. The van der Waals surface area contributed by atoms with E-state index in [1.54, 1.807) is 17.4 Å². The highest BCUT2D eigenvalue weighted by Crippen LogP contribution is 2.28. The number of rotatable bonds is 6. The van der Waals surface area contributed by atoms with Crippen molar-refractivity contribution >= 4 is 29.2 Å². The van der Waals surface area contributed by atoms with Crippen molar-refractivity contribution in [3.63, 3.8) is 0 Å². The zero-order chi connectivity index (χ0) is 24.0. The summed E-state index contributed by atoms with van der Waals surface area (Å²) in [5.74, 6) is 0.195. The molecule has 2 fully saturated rings. The Morgan fingerprint density at radius 1 is 1.00 bits per heavy atom. The van der Waals surface area contributed by atoms with E-state index in [9.17, 15) is 9.59 Å². The summed E-state index contributed by atoms with van der Waals surface area (Å²) >= 11 is 1.64. The van der Waals surface area contributed by atoms with E-state index in [2.05, 4.69) is 18.2 Å². The number of aromatic nitrogens is 2. The molecular formula is C27H30N4O3S. The Labute approximate surface area is 209 Å². The van der Waals surface area contributed by atoms with Gasteiger partial charge in [-0.25, -0.2) is 0 Å². The van der Waals surface area contributed by atoms with E-state index in [0.29, 0.717) is 58.8 Å². The van der Waals surface area contributed by atoms with Gasteiger partial charge < -0.3 is 14.5 Å². The lowest BCUT2D eigenvalue weighted by atomic mass is 9.95. The number of amides is 2. The van der Waals surface area contributed by atoms with Crippen molar-refractivity contribution in [3.8, 4) is 10.6 Å². The first-order chi connectivity index (χ1) is 17.2. The largest absolute Gasteiger partial charge is 0.378 e. The number of piperidine rings is 1. The zero-order valence-electron chi connectivity index (χ0n) is 19.7. The average Bonchev–Trinajstić information content (AvgIpc) is 3.58. The molecule has 2 saturated heterocycles. The fraction of sp³-hybridized carbons (Fsp3) is 0.370. The highest BCUT2D eigenvalue weighted by atomic mass is 32.1. The summed E-state index contributed by atoms with van der Waals surface area (Å²) in [6, 6.07) is 14.3. The summed E-state index contributed by atoms with van der Waals surface area (Å²) in [7, 11) is 0. The van der Waals surface area contributed by atoms with Gasteiger partial charge in [-0.05, 0) is 35.9 Å². The maximum absolute atomic E-state index is 12.9. The summed E-state index contributed by atoms with van der Waals surface area (Å²) in [4.78, 5) is 30.5. The molecule has 2 aliphatic rings. The minimum atomic E-state index is -0.0183. The summed E-state index contributed by atoms with van der Waals surface area (Å²) in [5.41, 5.74) is 2.98. The number of thiophene rings is 1. The normalized spacial score (nSPS) is 17.3. The highest BCUT2D eigenvalue weighted by Gasteiger charge is 2.30. The molecule has 7 nitrogen and oxygen atoms in total. The van der Waals surface area contributed by atoms with Crippen LogP contribution in [-0.4, -0.2) is 70.8 Å². The summed E-state index contributed by atoms with van der Waals surface area (Å²) in [5, 5.41) is 6.85. The molecule has 5 rings (SSSR count). The Kier molecular flexibility index (Phi) is 7.39. The van der Waals surface area contributed by atoms with Crippen LogP contribution in [0, 0.1) is 5.92 Å². The molecule has 35 heavy (non-hydrogen) atoms. The second-order valence-electron chi connectivity index (χ2n) is 8.96. The van der Waals surface area contributed by atoms with Gasteiger partial charge >= 0.3 is 0 Å². The SMILES string of the molecule is O=C(/C=C/c1cn(Cc2ccccc2)nc1-c1cccs1)N1CCC(C(=O)N2CCOCC2)CC1. The smallest absolute Gasteiger partial charge is 0.246 e. The molecule has 0 unspecified atom stereocenters. The molecule has 0 atom stereocenters. The van der Waals surface area contributed by atoms with Crippen LogP contribution in [0.15, 0.2) is 60.1 Å². The third kappa shape index (κ3) is 5.71. The number of carbonyl (C=O) groups excluding carboxylic acids is 2. The van der Waals surface area contributed by atoms with Crippen LogP contribution in [0.3, 0.4) is 0 Å². The number of morpholine rings is 1. The number of carbonyl (C=O) groups is 2. The molecule has 0 saturated carbocycles. The van der Waals surface area contributed by atoms with Crippen LogP contribution in [0.4, 0.5) is 0 Å².